The predicted molar refractivity (Wildman–Crippen MR) is 43.0 cm³/mol. The van der Waals surface area contributed by atoms with Crippen LogP contribution >= 0.6 is 21.8 Å². The summed E-state index contributed by atoms with van der Waals surface area (Å²) < 4.78 is 4.96. The van der Waals surface area contributed by atoms with E-state index in [4.69, 9.17) is 0 Å². The summed E-state index contributed by atoms with van der Waals surface area (Å²) in [5.74, 6) is 1.34. The van der Waals surface area contributed by atoms with Crippen LogP contribution in [-0.2, 0) is 0 Å². The Morgan fingerprint density at radius 2 is 2.38 bits per heavy atom. The van der Waals surface area contributed by atoms with Crippen LogP contribution in [0.1, 0.15) is 12.8 Å². The van der Waals surface area contributed by atoms with E-state index in [-0.39, 0.29) is 21.4 Å². The number of nitrogens with one attached hydrogen (secondary N) is 1. The van der Waals surface area contributed by atoms with E-state index in [1.54, 1.807) is 0 Å². The summed E-state index contributed by atoms with van der Waals surface area (Å²) in [5, 5.41) is 0. The third-order valence-electron chi connectivity index (χ3n) is 0.952. The third-order valence-corrected chi connectivity index (χ3v) is 7.96. The summed E-state index contributed by atoms with van der Waals surface area (Å²) in [6.45, 7) is 0. The van der Waals surface area contributed by atoms with Crippen LogP contribution < -0.4 is 2.94 Å². The van der Waals surface area contributed by atoms with Crippen LogP contribution in [0.2, 0.25) is 4.44 Å². The zero-order valence-corrected chi connectivity index (χ0v) is 9.13. The molecule has 1 rings (SSSR count). The maximum absolute atomic E-state index is 3.44. The molecule has 1 fully saturated rings. The van der Waals surface area contributed by atoms with Gasteiger partial charge < -0.3 is 0 Å². The number of hydrogen-bond acceptors (Lipinski definition) is 3. The molecule has 0 amide bonds. The first-order valence-corrected chi connectivity index (χ1v) is 8.53. The molecule has 0 atom stereocenters. The molecule has 46 valence electrons. The van der Waals surface area contributed by atoms with E-state index in [1.807, 2.05) is 21.8 Å². The molecule has 0 aromatic rings. The molecule has 1 saturated heterocycles. The summed E-state index contributed by atoms with van der Waals surface area (Å²) >= 11 is -0.0912. The van der Waals surface area contributed by atoms with Gasteiger partial charge in [0.15, 0.2) is 0 Å². The molecule has 4 heteroatoms. The Morgan fingerprint density at radius 3 is 3.38 bits per heavy atom. The summed E-state index contributed by atoms with van der Waals surface area (Å²) in [6.07, 6.45) is 2.92. The monoisotopic (exact) mass is 255 g/mol. The van der Waals surface area contributed by atoms with Crippen LogP contribution in [0.25, 0.3) is 0 Å². The van der Waals surface area contributed by atoms with Crippen molar-refractivity contribution < 1.29 is 0 Å². The van der Waals surface area contributed by atoms with Crippen LogP contribution in [0.4, 0.5) is 0 Å². The fourth-order valence-electron chi connectivity index (χ4n) is 0.526. The molecule has 8 heavy (non-hydrogen) atoms. The molecule has 1 nitrogen and oxygen atoms in total. The molecular weight excluding hydrogens is 245 g/mol. The Kier molecular flexibility index (Phi) is 4.97. The minimum absolute atomic E-state index is 0.0912. The van der Waals surface area contributed by atoms with Gasteiger partial charge in [-0.3, -0.25) is 0 Å². The van der Waals surface area contributed by atoms with Gasteiger partial charge in [0.05, 0.1) is 0 Å². The van der Waals surface area contributed by atoms with E-state index >= 15 is 0 Å². The van der Waals surface area contributed by atoms with Crippen molar-refractivity contribution in [3.63, 3.8) is 0 Å². The van der Waals surface area contributed by atoms with Gasteiger partial charge in [0.2, 0.25) is 0 Å². The second-order valence-corrected chi connectivity index (χ2v) is 8.05. The second kappa shape index (κ2) is 5.26. The quantitative estimate of drug-likeness (QED) is 0.401. The molecule has 2 radical (unpaired) electrons. The van der Waals surface area contributed by atoms with Crippen molar-refractivity contribution in [2.24, 2.45) is 0 Å². The molecule has 0 unspecified atom stereocenters. The van der Waals surface area contributed by atoms with Crippen molar-refractivity contribution in [2.45, 2.75) is 17.3 Å². The van der Waals surface area contributed by atoms with Gasteiger partial charge in [0.1, 0.15) is 0 Å². The molecular formula is C4H9NS2Sn. The van der Waals surface area contributed by atoms with Gasteiger partial charge in [-0.05, 0) is 0 Å². The molecule has 1 aliphatic heterocycles. The van der Waals surface area contributed by atoms with Gasteiger partial charge in [-0.1, -0.05) is 0 Å². The standard InChI is InChI=1S/C4H9NS2.Sn/c1-2-3-4-6-7-5;/h5H,1-4H2;/q-1;+1. The molecule has 0 aliphatic carbocycles. The zero-order valence-electron chi connectivity index (χ0n) is 4.64. The molecule has 0 aromatic heterocycles. The van der Waals surface area contributed by atoms with Gasteiger partial charge in [-0.25, -0.2) is 0 Å². The van der Waals surface area contributed by atoms with E-state index in [1.165, 1.54) is 23.0 Å². The summed E-state index contributed by atoms with van der Waals surface area (Å²) in [4.78, 5) is 0. The van der Waals surface area contributed by atoms with E-state index in [2.05, 4.69) is 2.94 Å². The SMILES string of the molecule is C1C[CH2][Sn][NH]SSC1. The molecule has 0 saturated carbocycles. The Labute approximate surface area is 68.9 Å². The van der Waals surface area contributed by atoms with Crippen molar-refractivity contribution in [1.29, 1.82) is 0 Å². The van der Waals surface area contributed by atoms with Gasteiger partial charge in [-0.2, -0.15) is 0 Å². The summed E-state index contributed by atoms with van der Waals surface area (Å²) in [7, 11) is 3.85. The third kappa shape index (κ3) is 3.48. The van der Waals surface area contributed by atoms with E-state index in [0.717, 1.165) is 0 Å². The van der Waals surface area contributed by atoms with Crippen LogP contribution in [0, 0.1) is 0 Å². The number of hydrogen-bond donors (Lipinski definition) is 1. The molecule has 1 aliphatic rings. The van der Waals surface area contributed by atoms with Crippen LogP contribution in [0.5, 0.6) is 0 Å². The predicted octanol–water partition coefficient (Wildman–Crippen LogP) is 1.70. The van der Waals surface area contributed by atoms with E-state index in [0.29, 0.717) is 0 Å². The van der Waals surface area contributed by atoms with Gasteiger partial charge >= 0.3 is 69.2 Å². The average molecular weight is 254 g/mol. The fourth-order valence-corrected chi connectivity index (χ4v) is 7.23. The van der Waals surface area contributed by atoms with Crippen LogP contribution in [0.15, 0.2) is 0 Å². The fraction of sp³-hybridized carbons (Fsp3) is 1.00. The Bertz CT molecular complexity index is 38.0. The van der Waals surface area contributed by atoms with Crippen molar-refractivity contribution in [3.05, 3.63) is 0 Å². The molecule has 1 N–H and O–H groups in total. The number of rotatable bonds is 0. The average Bonchev–Trinajstić information content (AvgIpc) is 1.62. The Hall–Kier alpha value is 1.46. The summed E-state index contributed by atoms with van der Waals surface area (Å²) in [6, 6.07) is 0. The molecule has 0 spiro atoms. The van der Waals surface area contributed by atoms with Gasteiger partial charge in [-0.15, -0.1) is 0 Å². The van der Waals surface area contributed by atoms with Crippen LogP contribution in [0.3, 0.4) is 0 Å². The topological polar surface area (TPSA) is 12.0 Å². The maximum atomic E-state index is 3.44. The normalized spacial score (nSPS) is 24.0. The minimum atomic E-state index is -0.0912. The van der Waals surface area contributed by atoms with Gasteiger partial charge in [0, 0.05) is 0 Å². The van der Waals surface area contributed by atoms with Crippen molar-refractivity contribution in [2.75, 3.05) is 5.75 Å². The van der Waals surface area contributed by atoms with Gasteiger partial charge in [0.25, 0.3) is 0 Å². The van der Waals surface area contributed by atoms with E-state index < -0.39 is 0 Å². The second-order valence-electron chi connectivity index (χ2n) is 1.64. The molecule has 0 bridgehead atoms. The Morgan fingerprint density at radius 1 is 1.38 bits per heavy atom. The van der Waals surface area contributed by atoms with Crippen molar-refractivity contribution >= 4 is 43.2 Å². The van der Waals surface area contributed by atoms with E-state index in [9.17, 15) is 0 Å². The molecule has 1 heterocycles. The zero-order chi connectivity index (χ0) is 5.66. The van der Waals surface area contributed by atoms with Crippen LogP contribution in [-0.4, -0.2) is 27.2 Å². The first-order valence-electron chi connectivity index (χ1n) is 2.76. The first-order chi connectivity index (χ1) is 4.00. The van der Waals surface area contributed by atoms with Crippen molar-refractivity contribution in [3.8, 4) is 0 Å². The first kappa shape index (κ1) is 7.56. The summed E-state index contributed by atoms with van der Waals surface area (Å²) in [5.41, 5.74) is 0. The Balaban J connectivity index is 2.00. The molecule has 0 aromatic carbocycles. The van der Waals surface area contributed by atoms with Crippen molar-refractivity contribution in [1.82, 2.24) is 2.94 Å².